The van der Waals surface area contributed by atoms with Crippen molar-refractivity contribution in [1.29, 1.82) is 0 Å². The van der Waals surface area contributed by atoms with Gasteiger partial charge in [-0.15, -0.1) is 0 Å². The molecule has 0 aromatic carbocycles. The summed E-state index contributed by atoms with van der Waals surface area (Å²) in [6.45, 7) is 5.09. The lowest BCUT2D eigenvalue weighted by molar-refractivity contribution is 0.178. The average molecular weight is 262 g/mol. The van der Waals surface area contributed by atoms with Gasteiger partial charge in [0.1, 0.15) is 5.69 Å². The van der Waals surface area contributed by atoms with Crippen LogP contribution in [0.1, 0.15) is 37.4 Å². The fraction of sp³-hybridized carbons (Fsp3) is 0.571. The Balaban J connectivity index is 2.07. The lowest BCUT2D eigenvalue weighted by Gasteiger charge is -2.32. The summed E-state index contributed by atoms with van der Waals surface area (Å²) in [6, 6.07) is 3.88. The molecule has 19 heavy (non-hydrogen) atoms. The van der Waals surface area contributed by atoms with Crippen molar-refractivity contribution in [3.8, 4) is 0 Å². The number of rotatable bonds is 6. The van der Waals surface area contributed by atoms with Gasteiger partial charge < -0.3 is 10.9 Å². The molecular formula is C14H22N4O. The van der Waals surface area contributed by atoms with Gasteiger partial charge in [-0.25, -0.2) is 0 Å². The second-order valence-electron chi connectivity index (χ2n) is 5.12. The summed E-state index contributed by atoms with van der Waals surface area (Å²) in [5, 5.41) is 11.9. The van der Waals surface area contributed by atoms with Crippen LogP contribution in [-0.4, -0.2) is 34.0 Å². The second-order valence-corrected chi connectivity index (χ2v) is 5.12. The first-order valence-electron chi connectivity index (χ1n) is 6.88. The van der Waals surface area contributed by atoms with E-state index in [-0.39, 0.29) is 5.84 Å². The molecule has 5 nitrogen and oxygen atoms in total. The van der Waals surface area contributed by atoms with E-state index in [1.54, 1.807) is 6.20 Å². The van der Waals surface area contributed by atoms with Crippen molar-refractivity contribution in [3.05, 3.63) is 29.6 Å². The van der Waals surface area contributed by atoms with Crippen LogP contribution in [0.2, 0.25) is 0 Å². The van der Waals surface area contributed by atoms with Crippen LogP contribution in [0.15, 0.2) is 23.5 Å². The van der Waals surface area contributed by atoms with Crippen LogP contribution in [0.5, 0.6) is 0 Å². The lowest BCUT2D eigenvalue weighted by Crippen LogP contribution is -2.33. The molecule has 0 bridgehead atoms. The SMILES string of the molecule is CCN(Cc1cccnc1/C(N)=N/O)CC1CCC1. The number of pyridine rings is 1. The summed E-state index contributed by atoms with van der Waals surface area (Å²) >= 11 is 0. The standard InChI is InChI=1S/C14H22N4O/c1-2-18(9-11-5-3-6-11)10-12-7-4-8-16-13(12)14(15)17-19/h4,7-8,11,19H,2-3,5-6,9-10H2,1H3,(H2,15,17). The zero-order chi connectivity index (χ0) is 13.7. The molecule has 1 aliphatic carbocycles. The summed E-state index contributed by atoms with van der Waals surface area (Å²) in [5.74, 6) is 0.916. The Morgan fingerprint density at radius 3 is 2.95 bits per heavy atom. The quantitative estimate of drug-likeness (QED) is 0.355. The van der Waals surface area contributed by atoms with E-state index in [0.717, 1.165) is 31.1 Å². The molecule has 0 aliphatic heterocycles. The Bertz CT molecular complexity index is 443. The van der Waals surface area contributed by atoms with Crippen molar-refractivity contribution in [2.45, 2.75) is 32.7 Å². The van der Waals surface area contributed by atoms with Gasteiger partial charge in [0.05, 0.1) is 0 Å². The molecule has 1 aromatic heterocycles. The molecule has 1 fully saturated rings. The van der Waals surface area contributed by atoms with Crippen LogP contribution in [-0.2, 0) is 6.54 Å². The van der Waals surface area contributed by atoms with Crippen molar-refractivity contribution in [2.75, 3.05) is 13.1 Å². The molecule has 0 amide bonds. The van der Waals surface area contributed by atoms with Gasteiger partial charge in [0.25, 0.3) is 0 Å². The smallest absolute Gasteiger partial charge is 0.189 e. The first-order chi connectivity index (χ1) is 9.24. The minimum absolute atomic E-state index is 0.0790. The molecule has 0 unspecified atom stereocenters. The van der Waals surface area contributed by atoms with Gasteiger partial charge >= 0.3 is 0 Å². The van der Waals surface area contributed by atoms with Crippen LogP contribution in [0.25, 0.3) is 0 Å². The number of hydrogen-bond donors (Lipinski definition) is 2. The van der Waals surface area contributed by atoms with Gasteiger partial charge in [-0.1, -0.05) is 24.6 Å². The summed E-state index contributed by atoms with van der Waals surface area (Å²) in [5.41, 5.74) is 7.26. The predicted molar refractivity (Wildman–Crippen MR) is 75.0 cm³/mol. The third-order valence-electron chi connectivity index (χ3n) is 3.82. The van der Waals surface area contributed by atoms with Gasteiger partial charge in [-0.2, -0.15) is 0 Å². The minimum Gasteiger partial charge on any atom is -0.409 e. The van der Waals surface area contributed by atoms with E-state index in [4.69, 9.17) is 10.9 Å². The molecule has 0 atom stereocenters. The zero-order valence-electron chi connectivity index (χ0n) is 11.4. The van der Waals surface area contributed by atoms with Crippen LogP contribution in [0, 0.1) is 5.92 Å². The van der Waals surface area contributed by atoms with Crippen molar-refractivity contribution in [2.24, 2.45) is 16.8 Å². The van der Waals surface area contributed by atoms with E-state index in [1.165, 1.54) is 19.3 Å². The summed E-state index contributed by atoms with van der Waals surface area (Å²) in [4.78, 5) is 6.61. The number of aromatic nitrogens is 1. The molecule has 0 saturated heterocycles. The molecule has 1 aromatic rings. The molecule has 3 N–H and O–H groups in total. The second kappa shape index (κ2) is 6.52. The van der Waals surface area contributed by atoms with Crippen molar-refractivity contribution >= 4 is 5.84 Å². The number of hydrogen-bond acceptors (Lipinski definition) is 4. The first kappa shape index (κ1) is 13.8. The van der Waals surface area contributed by atoms with Crippen LogP contribution < -0.4 is 5.73 Å². The van der Waals surface area contributed by atoms with E-state index >= 15 is 0 Å². The molecule has 1 saturated carbocycles. The van der Waals surface area contributed by atoms with Crippen molar-refractivity contribution in [3.63, 3.8) is 0 Å². The maximum absolute atomic E-state index is 8.81. The highest BCUT2D eigenvalue weighted by Gasteiger charge is 2.21. The highest BCUT2D eigenvalue weighted by Crippen LogP contribution is 2.27. The Kier molecular flexibility index (Phi) is 4.74. The number of nitrogens with two attached hydrogens (primary N) is 1. The fourth-order valence-corrected chi connectivity index (χ4v) is 2.43. The Labute approximate surface area is 114 Å². The molecular weight excluding hydrogens is 240 g/mol. The van der Waals surface area contributed by atoms with Crippen molar-refractivity contribution in [1.82, 2.24) is 9.88 Å². The van der Waals surface area contributed by atoms with E-state index in [2.05, 4.69) is 22.0 Å². The predicted octanol–water partition coefficient (Wildman–Crippen LogP) is 1.80. The summed E-state index contributed by atoms with van der Waals surface area (Å²) in [7, 11) is 0. The van der Waals surface area contributed by atoms with E-state index < -0.39 is 0 Å². The topological polar surface area (TPSA) is 74.7 Å². The number of amidine groups is 1. The fourth-order valence-electron chi connectivity index (χ4n) is 2.43. The van der Waals surface area contributed by atoms with E-state index in [0.29, 0.717) is 5.69 Å². The summed E-state index contributed by atoms with van der Waals surface area (Å²) < 4.78 is 0. The summed E-state index contributed by atoms with van der Waals surface area (Å²) in [6.07, 6.45) is 5.72. The third-order valence-corrected chi connectivity index (χ3v) is 3.82. The number of oxime groups is 1. The van der Waals surface area contributed by atoms with Gasteiger partial charge in [0.2, 0.25) is 0 Å². The zero-order valence-corrected chi connectivity index (χ0v) is 11.4. The van der Waals surface area contributed by atoms with Crippen LogP contribution >= 0.6 is 0 Å². The van der Waals surface area contributed by atoms with Gasteiger partial charge in [-0.3, -0.25) is 9.88 Å². The van der Waals surface area contributed by atoms with Crippen molar-refractivity contribution < 1.29 is 5.21 Å². The maximum atomic E-state index is 8.81. The normalized spacial score (nSPS) is 16.6. The molecule has 1 aliphatic rings. The maximum Gasteiger partial charge on any atom is 0.189 e. The Morgan fingerprint density at radius 1 is 1.58 bits per heavy atom. The Morgan fingerprint density at radius 2 is 2.37 bits per heavy atom. The van der Waals surface area contributed by atoms with Gasteiger partial charge in [0.15, 0.2) is 5.84 Å². The lowest BCUT2D eigenvalue weighted by atomic mass is 9.85. The minimum atomic E-state index is 0.0790. The molecule has 0 radical (unpaired) electrons. The number of nitrogens with zero attached hydrogens (tertiary/aromatic N) is 3. The van der Waals surface area contributed by atoms with Gasteiger partial charge in [0, 0.05) is 19.3 Å². The largest absolute Gasteiger partial charge is 0.409 e. The van der Waals surface area contributed by atoms with Crippen LogP contribution in [0.3, 0.4) is 0 Å². The molecule has 104 valence electrons. The highest BCUT2D eigenvalue weighted by molar-refractivity contribution is 5.96. The third kappa shape index (κ3) is 3.44. The van der Waals surface area contributed by atoms with Gasteiger partial charge in [-0.05, 0) is 36.9 Å². The van der Waals surface area contributed by atoms with E-state index in [9.17, 15) is 0 Å². The first-order valence-corrected chi connectivity index (χ1v) is 6.88. The van der Waals surface area contributed by atoms with E-state index in [1.807, 2.05) is 12.1 Å². The molecule has 0 spiro atoms. The van der Waals surface area contributed by atoms with Crippen LogP contribution in [0.4, 0.5) is 0 Å². The molecule has 5 heteroatoms. The molecule has 2 rings (SSSR count). The monoisotopic (exact) mass is 262 g/mol. The molecule has 1 heterocycles. The highest BCUT2D eigenvalue weighted by atomic mass is 16.4. The average Bonchev–Trinajstić information content (AvgIpc) is 2.41. The Hall–Kier alpha value is -1.62.